The van der Waals surface area contributed by atoms with Crippen LogP contribution < -0.4 is 5.32 Å². The monoisotopic (exact) mass is 541 g/mol. The fourth-order valence-electron chi connectivity index (χ4n) is 6.33. The Labute approximate surface area is 245 Å². The number of para-hydroxylation sites is 1. The van der Waals surface area contributed by atoms with E-state index in [0.717, 1.165) is 27.9 Å². The van der Waals surface area contributed by atoms with Crippen molar-refractivity contribution in [1.29, 1.82) is 0 Å². The van der Waals surface area contributed by atoms with Gasteiger partial charge in [-0.25, -0.2) is 0 Å². The van der Waals surface area contributed by atoms with Gasteiger partial charge in [0.15, 0.2) is 5.58 Å². The number of furan rings is 1. The smallest absolute Gasteiger partial charge is 0.158 e. The van der Waals surface area contributed by atoms with E-state index in [2.05, 4.69) is 153 Å². The number of anilines is 2. The first-order valence-electron chi connectivity index (χ1n) is 14.6. The van der Waals surface area contributed by atoms with E-state index in [1.54, 1.807) is 0 Å². The zero-order valence-corrected chi connectivity index (χ0v) is 24.0. The predicted octanol–water partition coefficient (Wildman–Crippen LogP) is 11.8. The standard InChI is InChI=1S/C40H31NO/c1-40(2,3)35-24-31-11-6-7-12-33(31)37-34-13-8-14-36(38(34)42-39(35)37)41-32-20-19-29-22-28(17-18-30(29)23-32)27-16-15-25-9-4-5-10-26(25)21-27/h4-24,41H,1-3H3. The maximum Gasteiger partial charge on any atom is 0.158 e. The SMILES string of the molecule is CC(C)(C)c1cc2ccccc2c2c1oc1c(Nc3ccc4cc(-c5ccc6ccccc6c5)ccc4c3)cccc12. The molecule has 0 saturated heterocycles. The molecular formula is C40H31NO. The number of hydrogen-bond acceptors (Lipinski definition) is 2. The third kappa shape index (κ3) is 4.02. The molecule has 0 saturated carbocycles. The molecule has 0 spiro atoms. The Bertz CT molecular complexity index is 2320. The molecule has 42 heavy (non-hydrogen) atoms. The van der Waals surface area contributed by atoms with Gasteiger partial charge in [0.25, 0.3) is 0 Å². The highest BCUT2D eigenvalue weighted by Crippen LogP contribution is 2.43. The summed E-state index contributed by atoms with van der Waals surface area (Å²) < 4.78 is 6.74. The molecule has 1 N–H and O–H groups in total. The largest absolute Gasteiger partial charge is 0.454 e. The van der Waals surface area contributed by atoms with E-state index < -0.39 is 0 Å². The minimum Gasteiger partial charge on any atom is -0.454 e. The van der Waals surface area contributed by atoms with Crippen LogP contribution in [0, 0.1) is 0 Å². The van der Waals surface area contributed by atoms with E-state index in [4.69, 9.17) is 4.42 Å². The molecule has 2 heteroatoms. The molecule has 0 radical (unpaired) electrons. The highest BCUT2D eigenvalue weighted by molar-refractivity contribution is 6.21. The van der Waals surface area contributed by atoms with Gasteiger partial charge < -0.3 is 9.73 Å². The topological polar surface area (TPSA) is 25.2 Å². The molecule has 2 nitrogen and oxygen atoms in total. The minimum atomic E-state index is -0.0478. The van der Waals surface area contributed by atoms with Crippen molar-refractivity contribution in [3.63, 3.8) is 0 Å². The lowest BCUT2D eigenvalue weighted by atomic mass is 9.84. The lowest BCUT2D eigenvalue weighted by Gasteiger charge is -2.20. The number of benzene rings is 7. The van der Waals surface area contributed by atoms with Crippen LogP contribution in [0.5, 0.6) is 0 Å². The minimum absolute atomic E-state index is 0.0478. The Kier molecular flexibility index (Phi) is 5.42. The second-order valence-corrected chi connectivity index (χ2v) is 12.3. The molecule has 8 rings (SSSR count). The summed E-state index contributed by atoms with van der Waals surface area (Å²) in [6.07, 6.45) is 0. The zero-order chi connectivity index (χ0) is 28.4. The molecular weight excluding hydrogens is 510 g/mol. The Balaban J connectivity index is 1.20. The van der Waals surface area contributed by atoms with Gasteiger partial charge in [0.1, 0.15) is 5.58 Å². The van der Waals surface area contributed by atoms with Crippen molar-refractivity contribution >= 4 is 65.6 Å². The summed E-state index contributed by atoms with van der Waals surface area (Å²) in [5, 5.41) is 13.4. The van der Waals surface area contributed by atoms with Gasteiger partial charge >= 0.3 is 0 Å². The van der Waals surface area contributed by atoms with Crippen molar-refractivity contribution in [2.24, 2.45) is 0 Å². The molecule has 202 valence electrons. The van der Waals surface area contributed by atoms with E-state index in [1.807, 2.05) is 0 Å². The van der Waals surface area contributed by atoms with Crippen molar-refractivity contribution in [3.8, 4) is 11.1 Å². The number of nitrogens with one attached hydrogen (secondary N) is 1. The van der Waals surface area contributed by atoms with Crippen LogP contribution in [0.2, 0.25) is 0 Å². The Morgan fingerprint density at radius 2 is 1.12 bits per heavy atom. The van der Waals surface area contributed by atoms with Gasteiger partial charge in [-0.2, -0.15) is 0 Å². The van der Waals surface area contributed by atoms with Gasteiger partial charge in [-0.15, -0.1) is 0 Å². The quantitative estimate of drug-likeness (QED) is 0.241. The van der Waals surface area contributed by atoms with E-state index in [1.165, 1.54) is 54.4 Å². The van der Waals surface area contributed by atoms with Gasteiger partial charge in [0.05, 0.1) is 5.69 Å². The second kappa shape index (κ2) is 9.22. The van der Waals surface area contributed by atoms with Crippen molar-refractivity contribution in [2.45, 2.75) is 26.2 Å². The number of fused-ring (bicyclic) bond motifs is 7. The third-order valence-electron chi connectivity index (χ3n) is 8.50. The Morgan fingerprint density at radius 1 is 0.500 bits per heavy atom. The lowest BCUT2D eigenvalue weighted by Crippen LogP contribution is -2.11. The predicted molar refractivity (Wildman–Crippen MR) is 180 cm³/mol. The number of rotatable bonds is 3. The fourth-order valence-corrected chi connectivity index (χ4v) is 6.33. The van der Waals surface area contributed by atoms with E-state index in [0.29, 0.717) is 0 Å². The fraction of sp³-hybridized carbons (Fsp3) is 0.100. The van der Waals surface area contributed by atoms with Gasteiger partial charge in [0, 0.05) is 22.0 Å². The Morgan fingerprint density at radius 3 is 1.90 bits per heavy atom. The molecule has 0 fully saturated rings. The van der Waals surface area contributed by atoms with Crippen LogP contribution >= 0.6 is 0 Å². The Hall–Kier alpha value is -5.08. The maximum absolute atomic E-state index is 6.74. The normalized spacial score (nSPS) is 12.2. The summed E-state index contributed by atoms with van der Waals surface area (Å²) in [4.78, 5) is 0. The van der Waals surface area contributed by atoms with Gasteiger partial charge in [-0.1, -0.05) is 112 Å². The molecule has 1 aromatic heterocycles. The van der Waals surface area contributed by atoms with Crippen LogP contribution in [-0.4, -0.2) is 0 Å². The molecule has 0 unspecified atom stereocenters. The van der Waals surface area contributed by atoms with E-state index in [-0.39, 0.29) is 5.41 Å². The molecule has 1 heterocycles. The van der Waals surface area contributed by atoms with Crippen molar-refractivity contribution in [3.05, 3.63) is 133 Å². The number of hydrogen-bond donors (Lipinski definition) is 1. The summed E-state index contributed by atoms with van der Waals surface area (Å²) >= 11 is 0. The summed E-state index contributed by atoms with van der Waals surface area (Å²) in [5.41, 5.74) is 7.51. The summed E-state index contributed by atoms with van der Waals surface area (Å²) in [6.45, 7) is 6.76. The second-order valence-electron chi connectivity index (χ2n) is 12.3. The van der Waals surface area contributed by atoms with E-state index in [9.17, 15) is 0 Å². The average molecular weight is 542 g/mol. The molecule has 0 atom stereocenters. The summed E-state index contributed by atoms with van der Waals surface area (Å²) in [5.74, 6) is 0. The first-order chi connectivity index (χ1) is 20.4. The van der Waals surface area contributed by atoms with Gasteiger partial charge in [-0.05, 0) is 85.3 Å². The third-order valence-corrected chi connectivity index (χ3v) is 8.50. The van der Waals surface area contributed by atoms with Crippen molar-refractivity contribution in [1.82, 2.24) is 0 Å². The van der Waals surface area contributed by atoms with Crippen molar-refractivity contribution in [2.75, 3.05) is 5.32 Å². The first kappa shape index (κ1) is 24.7. The van der Waals surface area contributed by atoms with Gasteiger partial charge in [0.2, 0.25) is 0 Å². The first-order valence-corrected chi connectivity index (χ1v) is 14.6. The molecule has 0 aliphatic heterocycles. The lowest BCUT2D eigenvalue weighted by molar-refractivity contribution is 0.574. The molecule has 0 amide bonds. The molecule has 0 aliphatic rings. The summed E-state index contributed by atoms with van der Waals surface area (Å²) in [7, 11) is 0. The molecule has 7 aromatic carbocycles. The maximum atomic E-state index is 6.74. The van der Waals surface area contributed by atoms with Gasteiger partial charge in [-0.3, -0.25) is 0 Å². The van der Waals surface area contributed by atoms with Crippen LogP contribution in [0.25, 0.3) is 65.4 Å². The molecule has 0 bridgehead atoms. The van der Waals surface area contributed by atoms with Crippen LogP contribution in [-0.2, 0) is 5.41 Å². The van der Waals surface area contributed by atoms with Crippen LogP contribution in [0.3, 0.4) is 0 Å². The highest BCUT2D eigenvalue weighted by Gasteiger charge is 2.23. The molecule has 8 aromatic rings. The van der Waals surface area contributed by atoms with E-state index >= 15 is 0 Å². The molecule has 0 aliphatic carbocycles. The highest BCUT2D eigenvalue weighted by atomic mass is 16.3. The van der Waals surface area contributed by atoms with Crippen LogP contribution in [0.1, 0.15) is 26.3 Å². The summed E-state index contributed by atoms with van der Waals surface area (Å²) in [6, 6.07) is 45.8. The zero-order valence-electron chi connectivity index (χ0n) is 24.0. The van der Waals surface area contributed by atoms with Crippen LogP contribution in [0.15, 0.2) is 132 Å². The van der Waals surface area contributed by atoms with Crippen LogP contribution in [0.4, 0.5) is 11.4 Å². The van der Waals surface area contributed by atoms with Crippen molar-refractivity contribution < 1.29 is 4.42 Å². The average Bonchev–Trinajstić information content (AvgIpc) is 3.40.